The van der Waals surface area contributed by atoms with Crippen LogP contribution in [0.5, 0.6) is 0 Å². The van der Waals surface area contributed by atoms with Gasteiger partial charge in [-0.2, -0.15) is 0 Å². The van der Waals surface area contributed by atoms with Gasteiger partial charge in [0.05, 0.1) is 6.61 Å². The number of nitrogens with zero attached hydrogens (tertiary/aromatic N) is 1. The first-order chi connectivity index (χ1) is 9.17. The lowest BCUT2D eigenvalue weighted by Crippen LogP contribution is -2.43. The summed E-state index contributed by atoms with van der Waals surface area (Å²) in [6.07, 6.45) is 4.52. The summed E-state index contributed by atoms with van der Waals surface area (Å²) in [5.74, 6) is 0.694. The first-order valence-corrected chi connectivity index (χ1v) is 7.79. The summed E-state index contributed by atoms with van der Waals surface area (Å²) in [4.78, 5) is 14.4. The van der Waals surface area contributed by atoms with Crippen molar-refractivity contribution in [1.82, 2.24) is 10.2 Å². The Hall–Kier alpha value is -0.610. The van der Waals surface area contributed by atoms with Gasteiger partial charge in [-0.05, 0) is 51.6 Å². The lowest BCUT2D eigenvalue weighted by molar-refractivity contribution is -0.146. The van der Waals surface area contributed by atoms with Gasteiger partial charge < -0.3 is 15.0 Å². The van der Waals surface area contributed by atoms with Gasteiger partial charge in [-0.1, -0.05) is 13.8 Å². The molecule has 0 bridgehead atoms. The lowest BCUT2D eigenvalue weighted by Gasteiger charge is -2.31. The summed E-state index contributed by atoms with van der Waals surface area (Å²) >= 11 is 0. The van der Waals surface area contributed by atoms with Crippen molar-refractivity contribution in [2.45, 2.75) is 52.5 Å². The van der Waals surface area contributed by atoms with Gasteiger partial charge in [0.25, 0.3) is 0 Å². The molecule has 1 fully saturated rings. The molecule has 0 saturated carbocycles. The van der Waals surface area contributed by atoms with E-state index in [-0.39, 0.29) is 12.0 Å². The van der Waals surface area contributed by atoms with E-state index < -0.39 is 0 Å². The minimum absolute atomic E-state index is 0.0963. The van der Waals surface area contributed by atoms with Crippen LogP contribution in [0.1, 0.15) is 46.5 Å². The zero-order chi connectivity index (χ0) is 14.1. The molecule has 19 heavy (non-hydrogen) atoms. The number of likely N-dealkylation sites (tertiary alicyclic amines) is 1. The van der Waals surface area contributed by atoms with Crippen molar-refractivity contribution in [2.75, 3.05) is 32.8 Å². The fourth-order valence-electron chi connectivity index (χ4n) is 2.67. The van der Waals surface area contributed by atoms with E-state index in [1.165, 1.54) is 25.9 Å². The first kappa shape index (κ1) is 16.4. The normalized spacial score (nSPS) is 22.2. The minimum atomic E-state index is -0.142. The third-order valence-electron chi connectivity index (χ3n) is 3.69. The van der Waals surface area contributed by atoms with Crippen LogP contribution in [0.25, 0.3) is 0 Å². The van der Waals surface area contributed by atoms with Crippen LogP contribution in [-0.4, -0.2) is 49.7 Å². The Morgan fingerprint density at radius 1 is 1.47 bits per heavy atom. The summed E-state index contributed by atoms with van der Waals surface area (Å²) < 4.78 is 5.14. The summed E-state index contributed by atoms with van der Waals surface area (Å²) in [6, 6.07) is -0.142. The molecule has 0 aromatic rings. The third-order valence-corrected chi connectivity index (χ3v) is 3.69. The van der Waals surface area contributed by atoms with Crippen LogP contribution in [-0.2, 0) is 9.53 Å². The van der Waals surface area contributed by atoms with E-state index in [1.807, 2.05) is 6.92 Å². The Labute approximate surface area is 117 Å². The van der Waals surface area contributed by atoms with Gasteiger partial charge in [-0.15, -0.1) is 0 Å². The maximum Gasteiger partial charge on any atom is 0.323 e. The topological polar surface area (TPSA) is 41.6 Å². The van der Waals surface area contributed by atoms with Crippen LogP contribution in [0, 0.1) is 5.92 Å². The van der Waals surface area contributed by atoms with E-state index in [1.54, 1.807) is 0 Å². The molecule has 112 valence electrons. The average molecular weight is 270 g/mol. The molecule has 0 spiro atoms. The number of nitrogens with one attached hydrogen (secondary N) is 1. The van der Waals surface area contributed by atoms with Gasteiger partial charge in [0.15, 0.2) is 0 Å². The molecule has 1 saturated heterocycles. The first-order valence-electron chi connectivity index (χ1n) is 7.79. The highest BCUT2D eigenvalue weighted by molar-refractivity contribution is 5.75. The molecule has 1 aliphatic heterocycles. The number of carbonyl (C=O) groups excluding carboxylic acids is 1. The maximum absolute atomic E-state index is 11.9. The van der Waals surface area contributed by atoms with E-state index in [0.29, 0.717) is 6.61 Å². The summed E-state index contributed by atoms with van der Waals surface area (Å²) in [5.41, 5.74) is 0. The van der Waals surface area contributed by atoms with Crippen molar-refractivity contribution in [3.05, 3.63) is 0 Å². The Morgan fingerprint density at radius 3 is 2.89 bits per heavy atom. The monoisotopic (exact) mass is 270 g/mol. The van der Waals surface area contributed by atoms with Gasteiger partial charge in [0.1, 0.15) is 6.04 Å². The Bertz CT molecular complexity index is 259. The van der Waals surface area contributed by atoms with Crippen molar-refractivity contribution in [2.24, 2.45) is 5.92 Å². The number of piperidine rings is 1. The summed E-state index contributed by atoms with van der Waals surface area (Å²) in [5, 5.41) is 3.30. The molecule has 1 N–H and O–H groups in total. The molecule has 4 heteroatoms. The number of ether oxygens (including phenoxy) is 1. The fraction of sp³-hybridized carbons (Fsp3) is 0.933. The highest BCUT2D eigenvalue weighted by atomic mass is 16.5. The zero-order valence-electron chi connectivity index (χ0n) is 12.8. The number of esters is 1. The van der Waals surface area contributed by atoms with E-state index >= 15 is 0 Å². The molecule has 4 nitrogen and oxygen atoms in total. The van der Waals surface area contributed by atoms with E-state index in [0.717, 1.165) is 31.8 Å². The molecule has 2 unspecified atom stereocenters. The molecule has 0 amide bonds. The molecule has 2 atom stereocenters. The van der Waals surface area contributed by atoms with Crippen molar-refractivity contribution >= 4 is 5.97 Å². The fourth-order valence-corrected chi connectivity index (χ4v) is 2.67. The number of hydrogen-bond acceptors (Lipinski definition) is 4. The quantitative estimate of drug-likeness (QED) is 0.685. The number of hydrogen-bond donors (Lipinski definition) is 1. The standard InChI is InChI=1S/C15H30N2O2/c1-4-9-16-14(15(18)19-5-2)8-11-17-10-6-7-13(3)12-17/h13-14,16H,4-12H2,1-3H3. The highest BCUT2D eigenvalue weighted by Crippen LogP contribution is 2.15. The Morgan fingerprint density at radius 2 is 2.26 bits per heavy atom. The SMILES string of the molecule is CCCNC(CCN1CCCC(C)C1)C(=O)OCC. The molecular weight excluding hydrogens is 240 g/mol. The molecule has 0 aromatic carbocycles. The highest BCUT2D eigenvalue weighted by Gasteiger charge is 2.22. The largest absolute Gasteiger partial charge is 0.465 e. The number of rotatable bonds is 8. The second kappa shape index (κ2) is 9.32. The van der Waals surface area contributed by atoms with Crippen LogP contribution in [0.2, 0.25) is 0 Å². The third kappa shape index (κ3) is 6.39. The predicted molar refractivity (Wildman–Crippen MR) is 78.2 cm³/mol. The maximum atomic E-state index is 11.9. The summed E-state index contributed by atoms with van der Waals surface area (Å²) in [6.45, 7) is 11.0. The van der Waals surface area contributed by atoms with Gasteiger partial charge in [0.2, 0.25) is 0 Å². The van der Waals surface area contributed by atoms with Crippen LogP contribution in [0.15, 0.2) is 0 Å². The molecule has 0 radical (unpaired) electrons. The number of carbonyl (C=O) groups is 1. The van der Waals surface area contributed by atoms with Crippen LogP contribution in [0.4, 0.5) is 0 Å². The molecule has 1 rings (SSSR count). The van der Waals surface area contributed by atoms with Crippen molar-refractivity contribution in [3.63, 3.8) is 0 Å². The summed E-state index contributed by atoms with van der Waals surface area (Å²) in [7, 11) is 0. The zero-order valence-corrected chi connectivity index (χ0v) is 12.8. The minimum Gasteiger partial charge on any atom is -0.465 e. The molecule has 1 heterocycles. The van der Waals surface area contributed by atoms with E-state index in [2.05, 4.69) is 24.1 Å². The Kier molecular flexibility index (Phi) is 8.07. The second-order valence-corrected chi connectivity index (χ2v) is 5.60. The molecular formula is C15H30N2O2. The Balaban J connectivity index is 2.36. The second-order valence-electron chi connectivity index (χ2n) is 5.60. The van der Waals surface area contributed by atoms with Crippen LogP contribution in [0.3, 0.4) is 0 Å². The van der Waals surface area contributed by atoms with E-state index in [9.17, 15) is 4.79 Å². The van der Waals surface area contributed by atoms with Gasteiger partial charge in [-0.3, -0.25) is 4.79 Å². The smallest absolute Gasteiger partial charge is 0.323 e. The molecule has 0 aromatic heterocycles. The van der Waals surface area contributed by atoms with E-state index in [4.69, 9.17) is 4.74 Å². The van der Waals surface area contributed by atoms with Gasteiger partial charge >= 0.3 is 5.97 Å². The molecule has 0 aliphatic carbocycles. The lowest BCUT2D eigenvalue weighted by atomic mass is 10.00. The van der Waals surface area contributed by atoms with Crippen molar-refractivity contribution in [1.29, 1.82) is 0 Å². The van der Waals surface area contributed by atoms with Gasteiger partial charge in [-0.25, -0.2) is 0 Å². The van der Waals surface area contributed by atoms with Crippen molar-refractivity contribution < 1.29 is 9.53 Å². The predicted octanol–water partition coefficient (Wildman–Crippen LogP) is 2.04. The van der Waals surface area contributed by atoms with Gasteiger partial charge in [0, 0.05) is 13.1 Å². The molecule has 1 aliphatic rings. The van der Waals surface area contributed by atoms with Crippen LogP contribution < -0.4 is 5.32 Å². The van der Waals surface area contributed by atoms with Crippen LogP contribution >= 0.6 is 0 Å². The average Bonchev–Trinajstić information content (AvgIpc) is 2.39. The van der Waals surface area contributed by atoms with Crippen molar-refractivity contribution in [3.8, 4) is 0 Å².